The molecule has 0 saturated carbocycles. The molecule has 0 saturated heterocycles. The minimum Gasteiger partial charge on any atom is -0.457 e. The van der Waals surface area contributed by atoms with Crippen LogP contribution in [0.5, 0.6) is 11.5 Å². The van der Waals surface area contributed by atoms with E-state index in [0.29, 0.717) is 17.2 Å². The van der Waals surface area contributed by atoms with Gasteiger partial charge in [-0.1, -0.05) is 29.5 Å². The fraction of sp³-hybridized carbons (Fsp3) is 0.0476. The molecule has 2 aromatic carbocycles. The van der Waals surface area contributed by atoms with Crippen LogP contribution in [0.2, 0.25) is 0 Å². The number of aromatic nitrogens is 4. The summed E-state index contributed by atoms with van der Waals surface area (Å²) in [6.45, 7) is 0.279. The van der Waals surface area contributed by atoms with Gasteiger partial charge < -0.3 is 15.4 Å². The zero-order chi connectivity index (χ0) is 19.9. The van der Waals surface area contributed by atoms with Gasteiger partial charge in [-0.05, 0) is 36.4 Å². The zero-order valence-electron chi connectivity index (χ0n) is 15.4. The van der Waals surface area contributed by atoms with Crippen molar-refractivity contribution in [2.75, 3.05) is 5.32 Å². The van der Waals surface area contributed by atoms with Gasteiger partial charge in [-0.25, -0.2) is 9.48 Å². The maximum absolute atomic E-state index is 12.3. The molecule has 29 heavy (non-hydrogen) atoms. The van der Waals surface area contributed by atoms with E-state index in [1.165, 1.54) is 0 Å². The van der Waals surface area contributed by atoms with Crippen LogP contribution in [0.25, 0.3) is 5.69 Å². The highest BCUT2D eigenvalue weighted by Gasteiger charge is 2.08. The highest BCUT2D eigenvalue weighted by atomic mass is 16.5. The number of hydrogen-bond donors (Lipinski definition) is 2. The van der Waals surface area contributed by atoms with Gasteiger partial charge in [0, 0.05) is 24.1 Å². The van der Waals surface area contributed by atoms with Crippen molar-refractivity contribution in [1.82, 2.24) is 25.3 Å². The van der Waals surface area contributed by atoms with Crippen molar-refractivity contribution in [3.8, 4) is 17.2 Å². The van der Waals surface area contributed by atoms with Gasteiger partial charge in [-0.2, -0.15) is 0 Å². The molecule has 4 aromatic rings. The number of carbonyl (C=O) groups is 1. The van der Waals surface area contributed by atoms with Gasteiger partial charge in [0.25, 0.3) is 0 Å². The molecule has 8 nitrogen and oxygen atoms in total. The van der Waals surface area contributed by atoms with E-state index in [1.54, 1.807) is 53.6 Å². The van der Waals surface area contributed by atoms with Gasteiger partial charge in [-0.15, -0.1) is 5.10 Å². The fourth-order valence-corrected chi connectivity index (χ4v) is 2.69. The Hall–Kier alpha value is -4.20. The number of nitrogens with zero attached hydrogens (tertiary/aromatic N) is 4. The van der Waals surface area contributed by atoms with E-state index in [-0.39, 0.29) is 12.6 Å². The summed E-state index contributed by atoms with van der Waals surface area (Å²) >= 11 is 0. The first-order valence-electron chi connectivity index (χ1n) is 8.96. The number of benzene rings is 2. The van der Waals surface area contributed by atoms with Crippen LogP contribution in [-0.2, 0) is 6.54 Å². The van der Waals surface area contributed by atoms with Crippen molar-refractivity contribution in [1.29, 1.82) is 0 Å². The van der Waals surface area contributed by atoms with Crippen LogP contribution < -0.4 is 15.4 Å². The highest BCUT2D eigenvalue weighted by molar-refractivity contribution is 5.89. The molecule has 8 heteroatoms. The van der Waals surface area contributed by atoms with Gasteiger partial charge >= 0.3 is 6.03 Å². The molecular weight excluding hydrogens is 368 g/mol. The van der Waals surface area contributed by atoms with Crippen LogP contribution in [0.1, 0.15) is 5.69 Å². The Kier molecular flexibility index (Phi) is 5.43. The van der Waals surface area contributed by atoms with Crippen molar-refractivity contribution >= 4 is 11.7 Å². The zero-order valence-corrected chi connectivity index (χ0v) is 15.4. The third-order valence-electron chi connectivity index (χ3n) is 4.03. The Morgan fingerprint density at radius 1 is 0.966 bits per heavy atom. The van der Waals surface area contributed by atoms with E-state index in [1.807, 2.05) is 36.4 Å². The van der Waals surface area contributed by atoms with Crippen LogP contribution in [0.4, 0.5) is 10.5 Å². The second-order valence-corrected chi connectivity index (χ2v) is 6.09. The van der Waals surface area contributed by atoms with Crippen LogP contribution in [-0.4, -0.2) is 26.0 Å². The summed E-state index contributed by atoms with van der Waals surface area (Å²) in [7, 11) is 0. The van der Waals surface area contributed by atoms with Gasteiger partial charge in [0.2, 0.25) is 0 Å². The molecule has 0 aliphatic rings. The molecule has 0 spiro atoms. The summed E-state index contributed by atoms with van der Waals surface area (Å²) in [4.78, 5) is 16.3. The molecule has 144 valence electrons. The van der Waals surface area contributed by atoms with E-state index < -0.39 is 0 Å². The van der Waals surface area contributed by atoms with Crippen LogP contribution in [0.3, 0.4) is 0 Å². The maximum Gasteiger partial charge on any atom is 0.319 e. The summed E-state index contributed by atoms with van der Waals surface area (Å²) in [6, 6.07) is 19.9. The van der Waals surface area contributed by atoms with E-state index in [2.05, 4.69) is 25.9 Å². The van der Waals surface area contributed by atoms with Crippen molar-refractivity contribution in [3.05, 3.63) is 91.0 Å². The van der Waals surface area contributed by atoms with Gasteiger partial charge in [0.1, 0.15) is 11.5 Å². The molecule has 2 N–H and O–H groups in total. The van der Waals surface area contributed by atoms with Gasteiger partial charge in [0.05, 0.1) is 24.1 Å². The first-order chi connectivity index (χ1) is 14.3. The monoisotopic (exact) mass is 386 g/mol. The number of ether oxygens (including phenoxy) is 1. The topological polar surface area (TPSA) is 94.0 Å². The van der Waals surface area contributed by atoms with Gasteiger partial charge in [0.15, 0.2) is 0 Å². The molecule has 0 unspecified atom stereocenters. The first kappa shape index (κ1) is 18.2. The predicted octanol–water partition coefficient (Wildman–Crippen LogP) is 3.78. The summed E-state index contributed by atoms with van der Waals surface area (Å²) in [5.41, 5.74) is 2.26. The lowest BCUT2D eigenvalue weighted by Crippen LogP contribution is -2.29. The number of hydrogen-bond acceptors (Lipinski definition) is 5. The number of anilines is 1. The van der Waals surface area contributed by atoms with E-state index in [4.69, 9.17) is 4.74 Å². The first-order valence-corrected chi connectivity index (χ1v) is 8.96. The summed E-state index contributed by atoms with van der Waals surface area (Å²) in [5.74, 6) is 1.28. The molecule has 0 bridgehead atoms. The average molecular weight is 386 g/mol. The van der Waals surface area contributed by atoms with Gasteiger partial charge in [-0.3, -0.25) is 4.98 Å². The number of para-hydroxylation sites is 1. The molecule has 0 radical (unpaired) electrons. The second kappa shape index (κ2) is 8.66. The van der Waals surface area contributed by atoms with Crippen LogP contribution >= 0.6 is 0 Å². The number of amides is 2. The van der Waals surface area contributed by atoms with Crippen molar-refractivity contribution in [2.24, 2.45) is 0 Å². The molecule has 2 heterocycles. The van der Waals surface area contributed by atoms with Crippen LogP contribution in [0.15, 0.2) is 85.3 Å². The predicted molar refractivity (Wildman–Crippen MR) is 108 cm³/mol. The number of rotatable bonds is 6. The highest BCUT2D eigenvalue weighted by Crippen LogP contribution is 2.23. The Balaban J connectivity index is 1.36. The van der Waals surface area contributed by atoms with E-state index >= 15 is 0 Å². The molecule has 0 atom stereocenters. The minimum atomic E-state index is -0.341. The summed E-state index contributed by atoms with van der Waals surface area (Å²) in [5, 5.41) is 13.6. The average Bonchev–Trinajstić information content (AvgIpc) is 3.23. The second-order valence-electron chi connectivity index (χ2n) is 6.09. The number of nitrogens with one attached hydrogen (secondary N) is 2. The quantitative estimate of drug-likeness (QED) is 0.526. The summed E-state index contributed by atoms with van der Waals surface area (Å²) in [6.07, 6.45) is 4.93. The largest absolute Gasteiger partial charge is 0.457 e. The van der Waals surface area contributed by atoms with Crippen molar-refractivity contribution in [2.45, 2.75) is 6.54 Å². The maximum atomic E-state index is 12.3. The third kappa shape index (κ3) is 4.75. The van der Waals surface area contributed by atoms with Crippen molar-refractivity contribution in [3.63, 3.8) is 0 Å². The smallest absolute Gasteiger partial charge is 0.319 e. The lowest BCUT2D eigenvalue weighted by atomic mass is 10.3. The molecule has 2 amide bonds. The SMILES string of the molecule is O=C(NCc1cnnn1-c1ccccc1)Nc1cccc(Oc2ccncc2)c1. The lowest BCUT2D eigenvalue weighted by Gasteiger charge is -2.10. The van der Waals surface area contributed by atoms with E-state index in [9.17, 15) is 4.79 Å². The fourth-order valence-electron chi connectivity index (χ4n) is 2.69. The number of carbonyl (C=O) groups excluding carboxylic acids is 1. The van der Waals surface area contributed by atoms with Crippen molar-refractivity contribution < 1.29 is 9.53 Å². The molecular formula is C21H18N6O2. The molecule has 0 fully saturated rings. The normalized spacial score (nSPS) is 10.3. The lowest BCUT2D eigenvalue weighted by molar-refractivity contribution is 0.251. The molecule has 0 aliphatic heterocycles. The third-order valence-corrected chi connectivity index (χ3v) is 4.03. The number of pyridine rings is 1. The molecule has 4 rings (SSSR count). The van der Waals surface area contributed by atoms with Crippen LogP contribution in [0, 0.1) is 0 Å². The Labute approximate surface area is 167 Å². The molecule has 2 aromatic heterocycles. The molecule has 0 aliphatic carbocycles. The Morgan fingerprint density at radius 2 is 1.79 bits per heavy atom. The summed E-state index contributed by atoms with van der Waals surface area (Å²) < 4.78 is 7.44. The standard InChI is InChI=1S/C21H18N6O2/c28-21(23-14-18-15-24-26-27(18)17-6-2-1-3-7-17)25-16-5-4-8-20(13-16)29-19-9-11-22-12-10-19/h1-13,15H,14H2,(H2,23,25,28). The Bertz CT molecular complexity index is 1080. The van der Waals surface area contributed by atoms with E-state index in [0.717, 1.165) is 11.4 Å². The minimum absolute atomic E-state index is 0.279. The number of urea groups is 1. The Morgan fingerprint density at radius 3 is 2.62 bits per heavy atom.